The summed E-state index contributed by atoms with van der Waals surface area (Å²) in [5.41, 5.74) is 0. The van der Waals surface area contributed by atoms with Crippen molar-refractivity contribution in [2.24, 2.45) is 29.6 Å². The van der Waals surface area contributed by atoms with E-state index in [9.17, 15) is 0 Å². The molecule has 7 saturated heterocycles. The lowest BCUT2D eigenvalue weighted by Gasteiger charge is -2.19. The van der Waals surface area contributed by atoms with Gasteiger partial charge in [-0.1, -0.05) is 74.1 Å². The van der Waals surface area contributed by atoms with Crippen molar-refractivity contribution in [1.82, 2.24) is 26.6 Å². The number of nitrogens with one attached hydrogen (secondary N) is 5. The van der Waals surface area contributed by atoms with Gasteiger partial charge < -0.3 is 45.5 Å². The van der Waals surface area contributed by atoms with Crippen LogP contribution in [0.15, 0.2) is 0 Å². The van der Waals surface area contributed by atoms with E-state index in [-0.39, 0.29) is 7.43 Å². The smallest absolute Gasteiger partial charge is 0.0672 e. The van der Waals surface area contributed by atoms with Gasteiger partial charge in [0.15, 0.2) is 0 Å². The van der Waals surface area contributed by atoms with Gasteiger partial charge >= 0.3 is 0 Å². The average Bonchev–Trinajstić information content (AvgIpc) is 3.22. The van der Waals surface area contributed by atoms with E-state index in [1.807, 2.05) is 0 Å². The molecule has 7 aliphatic heterocycles. The molecule has 8 aliphatic rings. The molecule has 0 radical (unpaired) electrons. The normalized spacial score (nSPS) is 31.5. The topological polar surface area (TPSA) is 97.1 Å². The van der Waals surface area contributed by atoms with Crippen LogP contribution in [0.25, 0.3) is 0 Å². The van der Waals surface area contributed by atoms with Crippen LogP contribution in [0.1, 0.15) is 166 Å². The third kappa shape index (κ3) is 39.5. The Morgan fingerprint density at radius 3 is 1.05 bits per heavy atom. The van der Waals surface area contributed by atoms with Crippen LogP contribution in [-0.2, 0) is 18.9 Å². The monoisotopic (exact) mass is 814 g/mol. The van der Waals surface area contributed by atoms with Gasteiger partial charge in [-0.3, -0.25) is 0 Å². The van der Waals surface area contributed by atoms with E-state index in [1.54, 1.807) is 0 Å². The fourth-order valence-corrected chi connectivity index (χ4v) is 7.56. The van der Waals surface area contributed by atoms with Crippen molar-refractivity contribution < 1.29 is 18.9 Å². The molecule has 5 N–H and O–H groups in total. The molecule has 0 aromatic rings. The summed E-state index contributed by atoms with van der Waals surface area (Å²) in [4.78, 5) is 0. The summed E-state index contributed by atoms with van der Waals surface area (Å²) in [7, 11) is 0. The summed E-state index contributed by atoms with van der Waals surface area (Å²) in [5.74, 6) is 4.51. The van der Waals surface area contributed by atoms with E-state index in [0.717, 1.165) is 102 Å². The average molecular weight is 814 g/mol. The van der Waals surface area contributed by atoms with Gasteiger partial charge in [-0.15, -0.1) is 0 Å². The van der Waals surface area contributed by atoms with Gasteiger partial charge in [-0.25, -0.2) is 0 Å². The third-order valence-corrected chi connectivity index (χ3v) is 11.5. The Labute approximate surface area is 356 Å². The molecule has 344 valence electrons. The summed E-state index contributed by atoms with van der Waals surface area (Å²) in [6.07, 6.45) is 23.1. The van der Waals surface area contributed by atoms with Crippen molar-refractivity contribution in [3.8, 4) is 0 Å². The maximum atomic E-state index is 5.28. The number of piperidine rings is 2. The van der Waals surface area contributed by atoms with Crippen molar-refractivity contribution >= 4 is 0 Å². The summed E-state index contributed by atoms with van der Waals surface area (Å²) in [6, 6.07) is 0.675. The zero-order valence-corrected chi connectivity index (χ0v) is 38.7. The first kappa shape index (κ1) is 56.6. The van der Waals surface area contributed by atoms with Crippen molar-refractivity contribution in [2.45, 2.75) is 184 Å². The lowest BCUT2D eigenvalue weighted by Crippen LogP contribution is -2.46. The molecule has 0 unspecified atom stereocenters. The van der Waals surface area contributed by atoms with E-state index in [1.165, 1.54) is 129 Å². The fraction of sp³-hybridized carbons (Fsp3) is 1.00. The van der Waals surface area contributed by atoms with E-state index < -0.39 is 0 Å². The molecule has 0 aromatic heterocycles. The molecule has 9 nitrogen and oxygen atoms in total. The zero-order valence-electron chi connectivity index (χ0n) is 38.7. The predicted octanol–water partition coefficient (Wildman–Crippen LogP) is 9.24. The lowest BCUT2D eigenvalue weighted by atomic mass is 9.91. The van der Waals surface area contributed by atoms with Crippen molar-refractivity contribution in [2.75, 3.05) is 98.5 Å². The van der Waals surface area contributed by atoms with Gasteiger partial charge in [0.2, 0.25) is 0 Å². The molecule has 7 atom stereocenters. The molecule has 1 aliphatic carbocycles. The van der Waals surface area contributed by atoms with Crippen molar-refractivity contribution in [3.05, 3.63) is 0 Å². The number of hydrogen-bond donors (Lipinski definition) is 5. The molecule has 0 spiro atoms. The van der Waals surface area contributed by atoms with Crippen LogP contribution in [0, 0.1) is 29.6 Å². The van der Waals surface area contributed by atoms with Crippen LogP contribution < -0.4 is 26.6 Å². The highest BCUT2D eigenvalue weighted by Crippen LogP contribution is 2.22. The number of ether oxygens (including phenoxy) is 4. The number of hydrogen-bond acceptors (Lipinski definition) is 9. The Bertz CT molecular complexity index is 573. The summed E-state index contributed by atoms with van der Waals surface area (Å²) < 4.78 is 20.9. The molecule has 8 fully saturated rings. The van der Waals surface area contributed by atoms with Crippen LogP contribution in [0.5, 0.6) is 0 Å². The highest BCUT2D eigenvalue weighted by atomic mass is 16.5. The largest absolute Gasteiger partial charge is 0.381 e. The van der Waals surface area contributed by atoms with Crippen molar-refractivity contribution in [3.63, 3.8) is 0 Å². The minimum atomic E-state index is 0. The standard InChI is InChI=1S/C7H14.2C6H13N.3C6H12O.C5H12N2.C5H11NO.CH4/c1-7-5-3-2-4-6-7;4*1-6-3-2-4-7-5-6;1-6-4-2-3-5-7-6;2*1-5-4-6-2-3-7-5;/h7H,2-6H2,1H3;2*6-7H,2-5H2,1H3;3*6H,2-5H2,1H3;5-7H,2-4H2,1H3;5-6H,2-4H2,1H3;1H4/t;5*6-;2*5-;/m.1010100./s1. The first-order valence-electron chi connectivity index (χ1n) is 24.1. The fourth-order valence-electron chi connectivity index (χ4n) is 7.56. The summed E-state index contributed by atoms with van der Waals surface area (Å²) in [5, 5.41) is 16.5. The quantitative estimate of drug-likeness (QED) is 0.164. The molecular formula is C48H103N5O4. The minimum Gasteiger partial charge on any atom is -0.381 e. The van der Waals surface area contributed by atoms with Crippen LogP contribution in [-0.4, -0.2) is 117 Å². The van der Waals surface area contributed by atoms with Crippen LogP contribution in [0.2, 0.25) is 0 Å². The van der Waals surface area contributed by atoms with E-state index in [0.29, 0.717) is 18.2 Å². The summed E-state index contributed by atoms with van der Waals surface area (Å²) >= 11 is 0. The number of morpholine rings is 1. The number of piperazine rings is 1. The predicted molar refractivity (Wildman–Crippen MR) is 248 cm³/mol. The van der Waals surface area contributed by atoms with E-state index in [4.69, 9.17) is 18.9 Å². The molecule has 0 bridgehead atoms. The van der Waals surface area contributed by atoms with Gasteiger partial charge in [0.25, 0.3) is 0 Å². The Morgan fingerprint density at radius 1 is 0.351 bits per heavy atom. The first-order chi connectivity index (χ1) is 27.2. The summed E-state index contributed by atoms with van der Waals surface area (Å²) in [6.45, 7) is 34.0. The van der Waals surface area contributed by atoms with Gasteiger partial charge in [-0.2, -0.15) is 0 Å². The van der Waals surface area contributed by atoms with Crippen LogP contribution in [0.3, 0.4) is 0 Å². The SMILES string of the molecule is C.CC1CCCCC1.C[C@@H]1CCCCO1.C[C@@H]1CCCNC1.C[C@@H]1CCCOC1.C[C@H]1CCCNC1.C[C@H]1CCCOC1.C[C@H]1CNCCN1.C[C@H]1CNCCO1. The second-order valence-electron chi connectivity index (χ2n) is 18.4. The van der Waals surface area contributed by atoms with Crippen LogP contribution >= 0.6 is 0 Å². The maximum Gasteiger partial charge on any atom is 0.0672 e. The van der Waals surface area contributed by atoms with Gasteiger partial charge in [-0.05, 0) is 147 Å². The Morgan fingerprint density at radius 2 is 0.842 bits per heavy atom. The van der Waals surface area contributed by atoms with Crippen molar-refractivity contribution in [1.29, 1.82) is 0 Å². The molecule has 0 aromatic carbocycles. The Kier molecular flexibility index (Phi) is 40.8. The lowest BCUT2D eigenvalue weighted by molar-refractivity contribution is 0.0285. The molecule has 1 saturated carbocycles. The van der Waals surface area contributed by atoms with Gasteiger partial charge in [0, 0.05) is 71.8 Å². The molecule has 0 amide bonds. The third-order valence-electron chi connectivity index (χ3n) is 11.5. The zero-order chi connectivity index (χ0) is 40.9. The highest BCUT2D eigenvalue weighted by Gasteiger charge is 2.10. The highest BCUT2D eigenvalue weighted by molar-refractivity contribution is 4.69. The molecule has 7 heterocycles. The van der Waals surface area contributed by atoms with Gasteiger partial charge in [0.05, 0.1) is 18.8 Å². The van der Waals surface area contributed by atoms with E-state index in [2.05, 4.69) is 82.0 Å². The van der Waals surface area contributed by atoms with Gasteiger partial charge in [0.1, 0.15) is 0 Å². The molecule has 9 heteroatoms. The first-order valence-corrected chi connectivity index (χ1v) is 24.1. The van der Waals surface area contributed by atoms with Crippen LogP contribution in [0.4, 0.5) is 0 Å². The molecular weight excluding hydrogens is 711 g/mol. The Balaban J connectivity index is 0.000000627. The number of rotatable bonds is 0. The maximum absolute atomic E-state index is 5.28. The second-order valence-corrected chi connectivity index (χ2v) is 18.4. The molecule has 8 rings (SSSR count). The minimum absolute atomic E-state index is 0. The molecule has 57 heavy (non-hydrogen) atoms. The Hall–Kier alpha value is -0.360. The second kappa shape index (κ2) is 41.0. The van der Waals surface area contributed by atoms with E-state index >= 15 is 0 Å².